The van der Waals surface area contributed by atoms with Gasteiger partial charge >= 0.3 is 0 Å². The van der Waals surface area contributed by atoms with E-state index in [0.717, 1.165) is 19.3 Å². The Morgan fingerprint density at radius 3 is 2.46 bits per heavy atom. The zero-order valence-electron chi connectivity index (χ0n) is 8.42. The fourth-order valence-corrected chi connectivity index (χ4v) is 2.42. The lowest BCUT2D eigenvalue weighted by molar-refractivity contribution is 0.0652. The Labute approximate surface area is 80.6 Å². The first-order valence-electron chi connectivity index (χ1n) is 5.23. The summed E-state index contributed by atoms with van der Waals surface area (Å²) in [5.74, 6) is 0.0882. The number of hydrogen-bond donors (Lipinski definition) is 1. The molecular weight excluding hydrogens is 162 g/mol. The van der Waals surface area contributed by atoms with E-state index in [2.05, 4.69) is 6.07 Å². The highest BCUT2D eigenvalue weighted by Crippen LogP contribution is 2.40. The van der Waals surface area contributed by atoms with Crippen LogP contribution in [0.15, 0.2) is 0 Å². The van der Waals surface area contributed by atoms with Crippen molar-refractivity contribution in [3.63, 3.8) is 0 Å². The predicted molar refractivity (Wildman–Crippen MR) is 52.0 cm³/mol. The van der Waals surface area contributed by atoms with Crippen LogP contribution in [0.2, 0.25) is 0 Å². The van der Waals surface area contributed by atoms with Crippen molar-refractivity contribution >= 4 is 0 Å². The maximum atomic E-state index is 9.38. The summed E-state index contributed by atoms with van der Waals surface area (Å²) >= 11 is 0. The lowest BCUT2D eigenvalue weighted by Crippen LogP contribution is -2.30. The molecule has 74 valence electrons. The summed E-state index contributed by atoms with van der Waals surface area (Å²) < 4.78 is 0. The van der Waals surface area contributed by atoms with Gasteiger partial charge in [-0.2, -0.15) is 5.26 Å². The number of nitrogens with zero attached hydrogens (tertiary/aromatic N) is 1. The minimum atomic E-state index is 0.0768. The first-order chi connectivity index (χ1) is 6.22. The predicted octanol–water partition coefficient (Wildman–Crippen LogP) is 2.48. The van der Waals surface area contributed by atoms with Crippen LogP contribution in [0.4, 0.5) is 0 Å². The molecule has 0 aromatic heterocycles. The molecule has 0 aromatic carbocycles. The molecule has 1 aliphatic rings. The third-order valence-corrected chi connectivity index (χ3v) is 3.21. The van der Waals surface area contributed by atoms with Crippen molar-refractivity contribution in [1.29, 1.82) is 5.26 Å². The van der Waals surface area contributed by atoms with Gasteiger partial charge in [-0.15, -0.1) is 0 Å². The van der Waals surface area contributed by atoms with Gasteiger partial charge in [-0.05, 0) is 31.6 Å². The van der Waals surface area contributed by atoms with Gasteiger partial charge in [0.25, 0.3) is 0 Å². The van der Waals surface area contributed by atoms with Crippen molar-refractivity contribution in [2.45, 2.75) is 45.4 Å². The lowest BCUT2D eigenvalue weighted by Gasteiger charge is -2.36. The standard InChI is InChI=1S/C11H19NO/c1-10(8-12)7-11(9-13)5-3-2-4-6-11/h10,13H,2-7,9H2,1H3. The molecule has 0 spiro atoms. The van der Waals surface area contributed by atoms with Crippen LogP contribution in [0, 0.1) is 22.7 Å². The summed E-state index contributed by atoms with van der Waals surface area (Å²) in [6, 6.07) is 2.26. The molecule has 1 saturated carbocycles. The first kappa shape index (κ1) is 10.5. The number of aliphatic hydroxyl groups is 1. The Morgan fingerprint density at radius 2 is 2.00 bits per heavy atom. The van der Waals surface area contributed by atoms with Crippen LogP contribution < -0.4 is 0 Å². The maximum Gasteiger partial charge on any atom is 0.0653 e. The second kappa shape index (κ2) is 4.62. The molecule has 1 unspecified atom stereocenters. The zero-order chi connectivity index (χ0) is 9.73. The van der Waals surface area contributed by atoms with Gasteiger partial charge in [0.15, 0.2) is 0 Å². The molecule has 2 heteroatoms. The smallest absolute Gasteiger partial charge is 0.0653 e. The van der Waals surface area contributed by atoms with Gasteiger partial charge in [0, 0.05) is 12.5 Å². The third-order valence-electron chi connectivity index (χ3n) is 3.21. The van der Waals surface area contributed by atoms with Gasteiger partial charge in [0.05, 0.1) is 6.07 Å². The molecule has 2 nitrogen and oxygen atoms in total. The Bertz CT molecular complexity index is 189. The summed E-state index contributed by atoms with van der Waals surface area (Å²) in [5.41, 5.74) is 0.0768. The average Bonchev–Trinajstić information content (AvgIpc) is 2.19. The van der Waals surface area contributed by atoms with Crippen LogP contribution in [0.25, 0.3) is 0 Å². The van der Waals surface area contributed by atoms with E-state index >= 15 is 0 Å². The fraction of sp³-hybridized carbons (Fsp3) is 0.909. The average molecular weight is 181 g/mol. The molecule has 0 saturated heterocycles. The molecule has 1 aliphatic carbocycles. The Hall–Kier alpha value is -0.550. The summed E-state index contributed by atoms with van der Waals surface area (Å²) in [6.07, 6.45) is 6.82. The molecule has 0 aromatic rings. The molecule has 0 amide bonds. The summed E-state index contributed by atoms with van der Waals surface area (Å²) in [6.45, 7) is 2.21. The number of hydrogen-bond acceptors (Lipinski definition) is 2. The van der Waals surface area contributed by atoms with Gasteiger partial charge in [0.2, 0.25) is 0 Å². The van der Waals surface area contributed by atoms with Gasteiger partial charge in [-0.3, -0.25) is 0 Å². The van der Waals surface area contributed by atoms with Crippen LogP contribution in [-0.2, 0) is 0 Å². The van der Waals surface area contributed by atoms with Crippen LogP contribution in [0.1, 0.15) is 45.4 Å². The van der Waals surface area contributed by atoms with Crippen molar-refractivity contribution in [1.82, 2.24) is 0 Å². The maximum absolute atomic E-state index is 9.38. The van der Waals surface area contributed by atoms with Crippen molar-refractivity contribution in [2.75, 3.05) is 6.61 Å². The Balaban J connectivity index is 2.53. The Kier molecular flexibility index (Phi) is 3.74. The van der Waals surface area contributed by atoms with E-state index in [9.17, 15) is 5.11 Å². The van der Waals surface area contributed by atoms with Gasteiger partial charge in [-0.25, -0.2) is 0 Å². The SMILES string of the molecule is CC(C#N)CC1(CO)CCCCC1. The first-order valence-corrected chi connectivity index (χ1v) is 5.23. The van der Waals surface area contributed by atoms with E-state index in [-0.39, 0.29) is 17.9 Å². The van der Waals surface area contributed by atoms with Crippen molar-refractivity contribution in [3.8, 4) is 6.07 Å². The van der Waals surface area contributed by atoms with Gasteiger partial charge < -0.3 is 5.11 Å². The second-order valence-corrected chi connectivity index (χ2v) is 4.45. The normalized spacial score (nSPS) is 23.5. The monoisotopic (exact) mass is 181 g/mol. The van der Waals surface area contributed by atoms with E-state index < -0.39 is 0 Å². The molecule has 0 bridgehead atoms. The topological polar surface area (TPSA) is 44.0 Å². The van der Waals surface area contributed by atoms with E-state index in [1.165, 1.54) is 19.3 Å². The molecule has 1 rings (SSSR count). The van der Waals surface area contributed by atoms with E-state index in [4.69, 9.17) is 5.26 Å². The number of aliphatic hydroxyl groups excluding tert-OH is 1. The molecule has 0 aliphatic heterocycles. The Morgan fingerprint density at radius 1 is 1.38 bits per heavy atom. The highest BCUT2D eigenvalue weighted by atomic mass is 16.3. The zero-order valence-corrected chi connectivity index (χ0v) is 8.42. The van der Waals surface area contributed by atoms with Crippen LogP contribution in [0.3, 0.4) is 0 Å². The number of nitriles is 1. The molecule has 1 atom stereocenters. The van der Waals surface area contributed by atoms with Crippen LogP contribution >= 0.6 is 0 Å². The molecule has 13 heavy (non-hydrogen) atoms. The third kappa shape index (κ3) is 2.70. The summed E-state index contributed by atoms with van der Waals surface area (Å²) in [7, 11) is 0. The fourth-order valence-electron chi connectivity index (χ4n) is 2.42. The molecule has 1 fully saturated rings. The highest BCUT2D eigenvalue weighted by Gasteiger charge is 2.32. The highest BCUT2D eigenvalue weighted by molar-refractivity contribution is 4.89. The second-order valence-electron chi connectivity index (χ2n) is 4.45. The molecule has 1 N–H and O–H groups in total. The minimum Gasteiger partial charge on any atom is -0.396 e. The van der Waals surface area contributed by atoms with Crippen LogP contribution in [-0.4, -0.2) is 11.7 Å². The quantitative estimate of drug-likeness (QED) is 0.727. The molecular formula is C11H19NO. The summed E-state index contributed by atoms with van der Waals surface area (Å²) in [4.78, 5) is 0. The van der Waals surface area contributed by atoms with E-state index in [0.29, 0.717) is 0 Å². The lowest BCUT2D eigenvalue weighted by atomic mass is 9.70. The molecule has 0 heterocycles. The van der Waals surface area contributed by atoms with Gasteiger partial charge in [0.1, 0.15) is 0 Å². The molecule has 0 radical (unpaired) electrons. The summed E-state index contributed by atoms with van der Waals surface area (Å²) in [5, 5.41) is 18.1. The van der Waals surface area contributed by atoms with Crippen molar-refractivity contribution in [3.05, 3.63) is 0 Å². The van der Waals surface area contributed by atoms with E-state index in [1.807, 2.05) is 6.92 Å². The largest absolute Gasteiger partial charge is 0.396 e. The van der Waals surface area contributed by atoms with E-state index in [1.54, 1.807) is 0 Å². The number of rotatable bonds is 3. The van der Waals surface area contributed by atoms with Crippen molar-refractivity contribution < 1.29 is 5.11 Å². The van der Waals surface area contributed by atoms with Crippen molar-refractivity contribution in [2.24, 2.45) is 11.3 Å². The minimum absolute atomic E-state index is 0.0768. The van der Waals surface area contributed by atoms with Crippen LogP contribution in [0.5, 0.6) is 0 Å². The van der Waals surface area contributed by atoms with Gasteiger partial charge in [-0.1, -0.05) is 19.3 Å².